The third kappa shape index (κ3) is 4.77. The lowest BCUT2D eigenvalue weighted by Gasteiger charge is -2.28. The maximum absolute atomic E-state index is 12.2. The molecule has 0 radical (unpaired) electrons. The Morgan fingerprint density at radius 1 is 1.30 bits per heavy atom. The number of amides is 2. The molecule has 2 rings (SSSR count). The fraction of sp³-hybridized carbons (Fsp3) is 0.529. The van der Waals surface area contributed by atoms with Crippen molar-refractivity contribution in [2.24, 2.45) is 0 Å². The summed E-state index contributed by atoms with van der Waals surface area (Å²) in [5.41, 5.74) is 0.274. The van der Waals surface area contributed by atoms with Crippen molar-refractivity contribution in [2.75, 3.05) is 6.61 Å². The standard InChI is InChI=1S/C17H23NO5/c1-17(2,3)23-16(21)18-13(14(19)9-15(18)20)11-22-10-12-7-5-4-6-8-12/h4-8,13-14,19H,9-11H2,1-3H3/t13-,14-/m1/s1. The summed E-state index contributed by atoms with van der Waals surface area (Å²) in [4.78, 5) is 25.1. The van der Waals surface area contributed by atoms with E-state index in [4.69, 9.17) is 9.47 Å². The SMILES string of the molecule is CC(C)(C)OC(=O)N1C(=O)C[C@@H](O)[C@H]1COCc1ccccc1. The van der Waals surface area contributed by atoms with Gasteiger partial charge in [-0.3, -0.25) is 4.79 Å². The van der Waals surface area contributed by atoms with Gasteiger partial charge in [0, 0.05) is 0 Å². The molecule has 1 aliphatic heterocycles. The molecule has 126 valence electrons. The van der Waals surface area contributed by atoms with Crippen LogP contribution in [0.3, 0.4) is 0 Å². The molecule has 0 unspecified atom stereocenters. The van der Waals surface area contributed by atoms with E-state index in [-0.39, 0.29) is 13.0 Å². The predicted octanol–water partition coefficient (Wildman–Crippen LogP) is 2.10. The maximum atomic E-state index is 12.2. The van der Waals surface area contributed by atoms with Gasteiger partial charge in [-0.2, -0.15) is 0 Å². The Bertz CT molecular complexity index is 552. The normalized spacial score (nSPS) is 21.6. The molecule has 0 spiro atoms. The van der Waals surface area contributed by atoms with Crippen molar-refractivity contribution in [3.63, 3.8) is 0 Å². The van der Waals surface area contributed by atoms with Crippen molar-refractivity contribution in [3.05, 3.63) is 35.9 Å². The summed E-state index contributed by atoms with van der Waals surface area (Å²) in [6, 6.07) is 8.83. The number of carbonyl (C=O) groups is 2. The molecule has 6 nitrogen and oxygen atoms in total. The molecular weight excluding hydrogens is 298 g/mol. The van der Waals surface area contributed by atoms with Crippen LogP contribution in [0.25, 0.3) is 0 Å². The first-order chi connectivity index (χ1) is 10.8. The van der Waals surface area contributed by atoms with Gasteiger partial charge in [-0.25, -0.2) is 9.69 Å². The molecule has 2 atom stereocenters. The van der Waals surface area contributed by atoms with E-state index in [1.165, 1.54) is 0 Å². The van der Waals surface area contributed by atoms with E-state index >= 15 is 0 Å². The molecule has 1 aromatic carbocycles. The Balaban J connectivity index is 1.97. The van der Waals surface area contributed by atoms with E-state index in [0.717, 1.165) is 10.5 Å². The Morgan fingerprint density at radius 2 is 1.96 bits per heavy atom. The van der Waals surface area contributed by atoms with Crippen LogP contribution >= 0.6 is 0 Å². The van der Waals surface area contributed by atoms with Gasteiger partial charge in [-0.05, 0) is 26.3 Å². The Morgan fingerprint density at radius 3 is 2.57 bits per heavy atom. The van der Waals surface area contributed by atoms with Crippen LogP contribution in [0, 0.1) is 0 Å². The van der Waals surface area contributed by atoms with E-state index < -0.39 is 29.7 Å². The van der Waals surface area contributed by atoms with Crippen molar-refractivity contribution in [2.45, 2.75) is 51.5 Å². The molecule has 0 saturated carbocycles. The van der Waals surface area contributed by atoms with Gasteiger partial charge in [-0.15, -0.1) is 0 Å². The second-order valence-electron chi connectivity index (χ2n) is 6.58. The molecule has 0 bridgehead atoms. The number of aliphatic hydroxyl groups excluding tert-OH is 1. The number of nitrogens with zero attached hydrogens (tertiary/aromatic N) is 1. The van der Waals surface area contributed by atoms with E-state index in [1.54, 1.807) is 20.8 Å². The van der Waals surface area contributed by atoms with Crippen molar-refractivity contribution in [3.8, 4) is 0 Å². The minimum absolute atomic E-state index is 0.0705. The largest absolute Gasteiger partial charge is 0.443 e. The average Bonchev–Trinajstić information content (AvgIpc) is 2.72. The lowest BCUT2D eigenvalue weighted by Crippen LogP contribution is -2.46. The van der Waals surface area contributed by atoms with Crippen molar-refractivity contribution >= 4 is 12.0 Å². The summed E-state index contributed by atoms with van der Waals surface area (Å²) in [6.07, 6.45) is -1.78. The second-order valence-corrected chi connectivity index (χ2v) is 6.58. The quantitative estimate of drug-likeness (QED) is 0.919. The van der Waals surface area contributed by atoms with Crippen molar-refractivity contribution in [1.82, 2.24) is 4.90 Å². The lowest BCUT2D eigenvalue weighted by molar-refractivity contribution is -0.128. The highest BCUT2D eigenvalue weighted by Crippen LogP contribution is 2.23. The van der Waals surface area contributed by atoms with Crippen LogP contribution in [0.5, 0.6) is 0 Å². The summed E-state index contributed by atoms with van der Waals surface area (Å²) in [6.45, 7) is 5.59. The van der Waals surface area contributed by atoms with Crippen LogP contribution in [-0.4, -0.2) is 46.4 Å². The number of likely N-dealkylation sites (tertiary alicyclic amines) is 1. The highest BCUT2D eigenvalue weighted by atomic mass is 16.6. The minimum atomic E-state index is -0.939. The predicted molar refractivity (Wildman–Crippen MR) is 83.6 cm³/mol. The van der Waals surface area contributed by atoms with Crippen LogP contribution in [0.15, 0.2) is 30.3 Å². The molecule has 1 N–H and O–H groups in total. The Kier molecular flexibility index (Phi) is 5.38. The zero-order valence-electron chi connectivity index (χ0n) is 13.7. The number of aliphatic hydroxyl groups is 1. The van der Waals surface area contributed by atoms with Crippen LogP contribution in [0.1, 0.15) is 32.8 Å². The van der Waals surface area contributed by atoms with Crippen LogP contribution in [-0.2, 0) is 20.9 Å². The first kappa shape index (κ1) is 17.4. The zero-order valence-corrected chi connectivity index (χ0v) is 13.7. The van der Waals surface area contributed by atoms with Crippen LogP contribution in [0.4, 0.5) is 4.79 Å². The number of imide groups is 1. The molecule has 2 amide bonds. The smallest absolute Gasteiger partial charge is 0.417 e. The number of hydrogen-bond acceptors (Lipinski definition) is 5. The van der Waals surface area contributed by atoms with E-state index in [1.807, 2.05) is 30.3 Å². The average molecular weight is 321 g/mol. The summed E-state index contributed by atoms with van der Waals surface area (Å²) in [5, 5.41) is 10.0. The molecule has 23 heavy (non-hydrogen) atoms. The maximum Gasteiger partial charge on any atom is 0.417 e. The molecular formula is C17H23NO5. The van der Waals surface area contributed by atoms with Crippen LogP contribution in [0.2, 0.25) is 0 Å². The number of benzene rings is 1. The highest BCUT2D eigenvalue weighted by molar-refractivity contribution is 5.94. The molecule has 0 aromatic heterocycles. The van der Waals surface area contributed by atoms with E-state index in [9.17, 15) is 14.7 Å². The van der Waals surface area contributed by atoms with Gasteiger partial charge >= 0.3 is 6.09 Å². The third-order valence-corrected chi connectivity index (χ3v) is 3.42. The summed E-state index contributed by atoms with van der Waals surface area (Å²) >= 11 is 0. The topological polar surface area (TPSA) is 76.1 Å². The lowest BCUT2D eigenvalue weighted by atomic mass is 10.2. The molecule has 1 aromatic rings. The van der Waals surface area contributed by atoms with Crippen molar-refractivity contribution < 1.29 is 24.2 Å². The minimum Gasteiger partial charge on any atom is -0.443 e. The number of hydrogen-bond donors (Lipinski definition) is 1. The molecule has 1 fully saturated rings. The molecule has 1 aliphatic rings. The van der Waals surface area contributed by atoms with Gasteiger partial charge in [0.15, 0.2) is 0 Å². The van der Waals surface area contributed by atoms with Gasteiger partial charge in [-0.1, -0.05) is 30.3 Å². The Labute approximate surface area is 136 Å². The summed E-state index contributed by atoms with van der Waals surface area (Å²) in [7, 11) is 0. The number of rotatable bonds is 4. The Hall–Kier alpha value is -1.92. The van der Waals surface area contributed by atoms with Gasteiger partial charge in [0.1, 0.15) is 5.60 Å². The first-order valence-corrected chi connectivity index (χ1v) is 7.63. The molecule has 0 aliphatic carbocycles. The second kappa shape index (κ2) is 7.10. The highest BCUT2D eigenvalue weighted by Gasteiger charge is 2.44. The summed E-state index contributed by atoms with van der Waals surface area (Å²) < 4.78 is 10.8. The van der Waals surface area contributed by atoms with Crippen LogP contribution < -0.4 is 0 Å². The summed E-state index contributed by atoms with van der Waals surface area (Å²) in [5.74, 6) is -0.444. The van der Waals surface area contributed by atoms with Gasteiger partial charge < -0.3 is 14.6 Å². The zero-order chi connectivity index (χ0) is 17.0. The number of carbonyl (C=O) groups excluding carboxylic acids is 2. The van der Waals surface area contributed by atoms with Crippen molar-refractivity contribution in [1.29, 1.82) is 0 Å². The third-order valence-electron chi connectivity index (χ3n) is 3.42. The molecule has 6 heteroatoms. The van der Waals surface area contributed by atoms with Gasteiger partial charge in [0.05, 0.1) is 31.8 Å². The van der Waals surface area contributed by atoms with Gasteiger partial charge in [0.25, 0.3) is 0 Å². The fourth-order valence-electron chi connectivity index (χ4n) is 2.38. The first-order valence-electron chi connectivity index (χ1n) is 7.63. The van der Waals surface area contributed by atoms with E-state index in [2.05, 4.69) is 0 Å². The molecule has 1 heterocycles. The van der Waals surface area contributed by atoms with Gasteiger partial charge in [0.2, 0.25) is 5.91 Å². The van der Waals surface area contributed by atoms with E-state index in [0.29, 0.717) is 6.61 Å². The number of ether oxygens (including phenoxy) is 2. The molecule has 1 saturated heterocycles. The monoisotopic (exact) mass is 321 g/mol. The fourth-order valence-corrected chi connectivity index (χ4v) is 2.38.